The smallest absolute Gasteiger partial charge is 0.378 e. The topological polar surface area (TPSA) is 84.8 Å². The van der Waals surface area contributed by atoms with Crippen LogP contribution in [0.1, 0.15) is 16.7 Å². The Balaban J connectivity index is 1.71. The minimum atomic E-state index is -4.65. The fourth-order valence-corrected chi connectivity index (χ4v) is 3.68. The monoisotopic (exact) mass is 516 g/mol. The lowest BCUT2D eigenvalue weighted by atomic mass is 10.1. The first-order valence-electron chi connectivity index (χ1n) is 9.53. The summed E-state index contributed by atoms with van der Waals surface area (Å²) in [6.45, 7) is 0. The first-order valence-corrected chi connectivity index (χ1v) is 10.9. The zero-order valence-corrected chi connectivity index (χ0v) is 18.1. The summed E-state index contributed by atoms with van der Waals surface area (Å²) in [4.78, 5) is 11.4. The highest BCUT2D eigenvalue weighted by atomic mass is 32.2. The quantitative estimate of drug-likeness (QED) is 0.164. The lowest BCUT2D eigenvalue weighted by molar-refractivity contribution is -0.137. The summed E-state index contributed by atoms with van der Waals surface area (Å²) < 4.78 is 108. The van der Waals surface area contributed by atoms with Gasteiger partial charge in [-0.1, -0.05) is 18.2 Å². The number of carbonyl (C=O) groups is 1. The molecule has 0 saturated heterocycles. The molecule has 0 aliphatic heterocycles. The second kappa shape index (κ2) is 10.2. The predicted molar refractivity (Wildman–Crippen MR) is 111 cm³/mol. The third-order valence-electron chi connectivity index (χ3n) is 4.45. The first-order chi connectivity index (χ1) is 16.4. The van der Waals surface area contributed by atoms with Crippen molar-refractivity contribution in [3.05, 3.63) is 94.8 Å². The van der Waals surface area contributed by atoms with E-state index in [-0.39, 0.29) is 11.3 Å². The van der Waals surface area contributed by atoms with Crippen LogP contribution in [0.25, 0.3) is 0 Å². The van der Waals surface area contributed by atoms with Gasteiger partial charge >= 0.3 is 16.3 Å². The predicted octanol–water partition coefficient (Wildman–Crippen LogP) is 4.58. The Morgan fingerprint density at radius 1 is 0.943 bits per heavy atom. The molecular weight excluding hydrogens is 502 g/mol. The third kappa shape index (κ3) is 6.38. The Morgan fingerprint density at radius 2 is 1.60 bits per heavy atom. The normalized spacial score (nSPS) is 12.1. The largest absolute Gasteiger partial charge is 0.416 e. The second-order valence-electron chi connectivity index (χ2n) is 6.90. The van der Waals surface area contributed by atoms with Crippen LogP contribution >= 0.6 is 0 Å². The standard InChI is InChI=1S/C22H14F6N2O4S/c23-17-10-5-13(20(24)21(17)25)11-19(31)30-29-12-14-3-1-2-4-18(14)34-35(32,33)16-8-6-15(7-9-16)22(26,27)28/h1-10,12H,11H2,(H,30,31)/b29-12+. The molecule has 0 saturated carbocycles. The number of benzene rings is 3. The van der Waals surface area contributed by atoms with Crippen molar-refractivity contribution >= 4 is 22.2 Å². The van der Waals surface area contributed by atoms with Crippen molar-refractivity contribution in [2.24, 2.45) is 5.10 Å². The van der Waals surface area contributed by atoms with Crippen molar-refractivity contribution in [1.82, 2.24) is 5.43 Å². The third-order valence-corrected chi connectivity index (χ3v) is 5.70. The maximum atomic E-state index is 13.7. The number of halogens is 6. The lowest BCUT2D eigenvalue weighted by Crippen LogP contribution is -2.21. The molecule has 0 aliphatic carbocycles. The number of hydrogen-bond acceptors (Lipinski definition) is 5. The Hall–Kier alpha value is -3.87. The van der Waals surface area contributed by atoms with E-state index in [9.17, 15) is 39.6 Å². The van der Waals surface area contributed by atoms with Gasteiger partial charge in [0.05, 0.1) is 18.2 Å². The van der Waals surface area contributed by atoms with E-state index in [0.29, 0.717) is 18.2 Å². The zero-order valence-electron chi connectivity index (χ0n) is 17.3. The Labute approximate surface area is 195 Å². The molecule has 3 aromatic rings. The summed E-state index contributed by atoms with van der Waals surface area (Å²) in [5, 5.41) is 3.59. The molecule has 6 nitrogen and oxygen atoms in total. The molecule has 1 amide bonds. The van der Waals surface area contributed by atoms with Crippen LogP contribution < -0.4 is 9.61 Å². The number of nitrogens with zero attached hydrogens (tertiary/aromatic N) is 1. The Kier molecular flexibility index (Phi) is 7.48. The molecule has 0 spiro atoms. The molecule has 13 heteroatoms. The van der Waals surface area contributed by atoms with Gasteiger partial charge in [-0.15, -0.1) is 0 Å². The van der Waals surface area contributed by atoms with E-state index in [0.717, 1.165) is 24.4 Å². The summed E-state index contributed by atoms with van der Waals surface area (Å²) in [5.41, 5.74) is 0.624. The highest BCUT2D eigenvalue weighted by Gasteiger charge is 2.31. The van der Waals surface area contributed by atoms with Crippen molar-refractivity contribution in [1.29, 1.82) is 0 Å². The van der Waals surface area contributed by atoms with Crippen molar-refractivity contribution in [3.63, 3.8) is 0 Å². The molecule has 3 aromatic carbocycles. The van der Waals surface area contributed by atoms with Gasteiger partial charge in [0.15, 0.2) is 23.2 Å². The number of rotatable bonds is 7. The molecule has 0 bridgehead atoms. The molecule has 0 heterocycles. The number of alkyl halides is 3. The number of nitrogens with one attached hydrogen (secondary N) is 1. The van der Waals surface area contributed by atoms with Gasteiger partial charge in [-0.3, -0.25) is 4.79 Å². The fraction of sp³-hybridized carbons (Fsp3) is 0.0909. The van der Waals surface area contributed by atoms with Crippen LogP contribution in [0.2, 0.25) is 0 Å². The fourth-order valence-electron chi connectivity index (χ4n) is 2.73. The molecule has 35 heavy (non-hydrogen) atoms. The summed E-state index contributed by atoms with van der Waals surface area (Å²) in [7, 11) is -4.52. The first kappa shape index (κ1) is 25.7. The summed E-state index contributed by atoms with van der Waals surface area (Å²) >= 11 is 0. The van der Waals surface area contributed by atoms with Gasteiger partial charge in [0.25, 0.3) is 0 Å². The van der Waals surface area contributed by atoms with Crippen LogP contribution in [0.3, 0.4) is 0 Å². The SMILES string of the molecule is O=C(Cc1ccc(F)c(F)c1F)N/N=C/c1ccccc1OS(=O)(=O)c1ccc(C(F)(F)F)cc1. The van der Waals surface area contributed by atoms with Crippen molar-refractivity contribution in [2.45, 2.75) is 17.5 Å². The van der Waals surface area contributed by atoms with E-state index in [1.165, 1.54) is 24.3 Å². The van der Waals surface area contributed by atoms with E-state index >= 15 is 0 Å². The summed E-state index contributed by atoms with van der Waals surface area (Å²) in [6, 6.07) is 9.73. The Morgan fingerprint density at radius 3 is 2.26 bits per heavy atom. The van der Waals surface area contributed by atoms with E-state index in [2.05, 4.69) is 5.10 Å². The average molecular weight is 516 g/mol. The minimum absolute atomic E-state index is 0.0577. The molecule has 0 unspecified atom stereocenters. The highest BCUT2D eigenvalue weighted by molar-refractivity contribution is 7.87. The van der Waals surface area contributed by atoms with E-state index in [1.807, 2.05) is 5.43 Å². The van der Waals surface area contributed by atoms with Gasteiger partial charge in [0, 0.05) is 11.1 Å². The van der Waals surface area contributed by atoms with E-state index < -0.39 is 62.1 Å². The molecule has 0 radical (unpaired) electrons. The molecule has 0 fully saturated rings. The molecule has 0 aliphatic rings. The summed E-state index contributed by atoms with van der Waals surface area (Å²) in [6.07, 6.45) is -4.31. The number of hydrogen-bond donors (Lipinski definition) is 1. The number of hydrazone groups is 1. The molecule has 184 valence electrons. The van der Waals surface area contributed by atoms with Crippen LogP contribution in [0.4, 0.5) is 26.3 Å². The molecule has 1 N–H and O–H groups in total. The van der Waals surface area contributed by atoms with Gasteiger partial charge in [-0.25, -0.2) is 18.6 Å². The van der Waals surface area contributed by atoms with Crippen molar-refractivity contribution in [2.75, 3.05) is 0 Å². The van der Waals surface area contributed by atoms with Crippen molar-refractivity contribution in [3.8, 4) is 5.75 Å². The van der Waals surface area contributed by atoms with Crippen molar-refractivity contribution < 1.29 is 43.7 Å². The van der Waals surface area contributed by atoms with Gasteiger partial charge in [-0.05, 0) is 42.5 Å². The Bertz CT molecular complexity index is 1370. The van der Waals surface area contributed by atoms with E-state index in [4.69, 9.17) is 4.18 Å². The summed E-state index contributed by atoms with van der Waals surface area (Å²) in [5.74, 6) is -5.79. The molecular formula is C22H14F6N2O4S. The highest BCUT2D eigenvalue weighted by Crippen LogP contribution is 2.30. The second-order valence-corrected chi connectivity index (χ2v) is 8.45. The maximum absolute atomic E-state index is 13.7. The molecule has 3 rings (SSSR count). The number of para-hydroxylation sites is 1. The van der Waals surface area contributed by atoms with E-state index in [1.54, 1.807) is 0 Å². The number of carbonyl (C=O) groups excluding carboxylic acids is 1. The van der Waals surface area contributed by atoms with Gasteiger partial charge in [-0.2, -0.15) is 26.7 Å². The van der Waals surface area contributed by atoms with Gasteiger partial charge in [0.2, 0.25) is 5.91 Å². The average Bonchev–Trinajstić information content (AvgIpc) is 2.80. The lowest BCUT2D eigenvalue weighted by Gasteiger charge is -2.11. The van der Waals surface area contributed by atoms with Crippen LogP contribution in [0.15, 0.2) is 70.7 Å². The van der Waals surface area contributed by atoms with Crippen LogP contribution in [-0.4, -0.2) is 20.5 Å². The minimum Gasteiger partial charge on any atom is -0.378 e. The van der Waals surface area contributed by atoms with Crippen LogP contribution in [-0.2, 0) is 27.5 Å². The van der Waals surface area contributed by atoms with Crippen LogP contribution in [0.5, 0.6) is 5.75 Å². The maximum Gasteiger partial charge on any atom is 0.416 e. The van der Waals surface area contributed by atoms with Gasteiger partial charge < -0.3 is 4.18 Å². The zero-order chi connectivity index (χ0) is 25.8. The van der Waals surface area contributed by atoms with Gasteiger partial charge in [0.1, 0.15) is 4.90 Å². The van der Waals surface area contributed by atoms with Crippen LogP contribution in [0, 0.1) is 17.5 Å². The number of amides is 1. The molecule has 0 aromatic heterocycles. The molecule has 0 atom stereocenters.